The van der Waals surface area contributed by atoms with Crippen LogP contribution in [0, 0.1) is 15.9 Å². The third-order valence-electron chi connectivity index (χ3n) is 2.24. The summed E-state index contributed by atoms with van der Waals surface area (Å²) in [6, 6.07) is 2.48. The summed E-state index contributed by atoms with van der Waals surface area (Å²) >= 11 is 0. The van der Waals surface area contributed by atoms with Crippen LogP contribution in [0.15, 0.2) is 18.2 Å². The Morgan fingerprint density at radius 2 is 2.24 bits per heavy atom. The van der Waals surface area contributed by atoms with Gasteiger partial charge in [-0.05, 0) is 6.07 Å². The largest absolute Gasteiger partial charge is 0.447 e. The molecule has 1 aromatic carbocycles. The van der Waals surface area contributed by atoms with E-state index in [0.29, 0.717) is 0 Å². The Hall–Kier alpha value is -1.89. The molecule has 0 saturated carbocycles. The van der Waals surface area contributed by atoms with Gasteiger partial charge >= 0.3 is 6.09 Å². The van der Waals surface area contributed by atoms with E-state index in [0.717, 1.165) is 18.2 Å². The minimum atomic E-state index is -0.674. The van der Waals surface area contributed by atoms with Crippen LogP contribution in [0.2, 0.25) is 0 Å². The zero-order chi connectivity index (χ0) is 11.7. The highest BCUT2D eigenvalue weighted by molar-refractivity contribution is 5.85. The zero-order valence-electron chi connectivity index (χ0n) is 8.38. The molecular formula is C9H8ClFN2O4. The summed E-state index contributed by atoms with van der Waals surface area (Å²) in [6.07, 6.45) is -0.657. The monoisotopic (exact) mass is 262 g/mol. The highest BCUT2D eigenvalue weighted by Gasteiger charge is 2.27. The van der Waals surface area contributed by atoms with E-state index in [1.165, 1.54) is 0 Å². The number of nitrogens with zero attached hydrogens (tertiary/aromatic N) is 1. The maximum absolute atomic E-state index is 13.4. The number of halogens is 2. The van der Waals surface area contributed by atoms with Gasteiger partial charge in [0.2, 0.25) is 0 Å². The molecule has 1 aliphatic heterocycles. The third-order valence-corrected chi connectivity index (χ3v) is 2.24. The molecule has 1 fully saturated rings. The first kappa shape index (κ1) is 13.2. The van der Waals surface area contributed by atoms with Crippen molar-refractivity contribution in [2.75, 3.05) is 6.61 Å². The number of nitro benzene ring substituents is 1. The molecule has 92 valence electrons. The summed E-state index contributed by atoms with van der Waals surface area (Å²) in [5, 5.41) is 12.9. The lowest BCUT2D eigenvalue weighted by atomic mass is 10.1. The van der Waals surface area contributed by atoms with Gasteiger partial charge in [0, 0.05) is 17.7 Å². The van der Waals surface area contributed by atoms with Crippen LogP contribution in [-0.4, -0.2) is 17.6 Å². The lowest BCUT2D eigenvalue weighted by molar-refractivity contribution is -0.385. The predicted molar refractivity (Wildman–Crippen MR) is 57.5 cm³/mol. The smallest absolute Gasteiger partial charge is 0.407 e. The molecule has 1 heterocycles. The first-order chi connectivity index (χ1) is 7.58. The number of alkyl carbamates (subject to hydrolysis) is 1. The van der Waals surface area contributed by atoms with Crippen LogP contribution in [0.5, 0.6) is 0 Å². The van der Waals surface area contributed by atoms with Crippen LogP contribution in [0.25, 0.3) is 0 Å². The molecule has 1 N–H and O–H groups in total. The normalized spacial score (nSPS) is 17.9. The van der Waals surface area contributed by atoms with Gasteiger partial charge in [0.25, 0.3) is 5.69 Å². The number of rotatable bonds is 2. The molecule has 8 heteroatoms. The molecule has 1 aliphatic rings. The highest BCUT2D eigenvalue weighted by Crippen LogP contribution is 2.25. The zero-order valence-corrected chi connectivity index (χ0v) is 9.20. The van der Waals surface area contributed by atoms with E-state index in [4.69, 9.17) is 0 Å². The third kappa shape index (κ3) is 2.62. The van der Waals surface area contributed by atoms with Gasteiger partial charge in [-0.25, -0.2) is 9.18 Å². The molecule has 1 saturated heterocycles. The van der Waals surface area contributed by atoms with Crippen molar-refractivity contribution in [3.63, 3.8) is 0 Å². The maximum Gasteiger partial charge on any atom is 0.407 e. The molecule has 17 heavy (non-hydrogen) atoms. The van der Waals surface area contributed by atoms with Gasteiger partial charge < -0.3 is 10.1 Å². The van der Waals surface area contributed by atoms with E-state index < -0.39 is 22.9 Å². The van der Waals surface area contributed by atoms with Crippen molar-refractivity contribution in [3.8, 4) is 0 Å². The van der Waals surface area contributed by atoms with Crippen molar-refractivity contribution in [2.45, 2.75) is 6.04 Å². The van der Waals surface area contributed by atoms with Crippen LogP contribution < -0.4 is 5.32 Å². The molecule has 1 amide bonds. The molecule has 0 spiro atoms. The molecule has 0 unspecified atom stereocenters. The first-order valence-corrected chi connectivity index (χ1v) is 4.45. The summed E-state index contributed by atoms with van der Waals surface area (Å²) in [6.45, 7) is -0.0308. The molecule has 6 nitrogen and oxygen atoms in total. The fraction of sp³-hybridized carbons (Fsp3) is 0.222. The lowest BCUT2D eigenvalue weighted by Crippen LogP contribution is -2.19. The molecule has 0 radical (unpaired) electrons. The van der Waals surface area contributed by atoms with E-state index in [1.54, 1.807) is 0 Å². The number of cyclic esters (lactones) is 1. The van der Waals surface area contributed by atoms with Gasteiger partial charge in [-0.1, -0.05) is 0 Å². The molecule has 0 aliphatic carbocycles. The molecule has 2 rings (SSSR count). The summed E-state index contributed by atoms with van der Waals surface area (Å²) in [5.41, 5.74) is -0.169. The van der Waals surface area contributed by atoms with Crippen molar-refractivity contribution in [1.29, 1.82) is 0 Å². The summed E-state index contributed by atoms with van der Waals surface area (Å²) in [5.74, 6) is -0.610. The quantitative estimate of drug-likeness (QED) is 0.652. The second-order valence-corrected chi connectivity index (χ2v) is 3.26. The number of ether oxygens (including phenoxy) is 1. The van der Waals surface area contributed by atoms with Crippen molar-refractivity contribution >= 4 is 24.2 Å². The van der Waals surface area contributed by atoms with Gasteiger partial charge in [0.1, 0.15) is 12.4 Å². The van der Waals surface area contributed by atoms with Gasteiger partial charge in [-0.3, -0.25) is 10.1 Å². The van der Waals surface area contributed by atoms with Gasteiger partial charge in [-0.2, -0.15) is 0 Å². The van der Waals surface area contributed by atoms with E-state index in [9.17, 15) is 19.3 Å². The lowest BCUT2D eigenvalue weighted by Gasteiger charge is -2.08. The second-order valence-electron chi connectivity index (χ2n) is 3.26. The Bertz CT molecular complexity index is 468. The minimum absolute atomic E-state index is 0. The number of hydrogen-bond donors (Lipinski definition) is 1. The number of hydrogen-bond acceptors (Lipinski definition) is 4. The van der Waals surface area contributed by atoms with Crippen LogP contribution >= 0.6 is 12.4 Å². The van der Waals surface area contributed by atoms with Gasteiger partial charge in [0.05, 0.1) is 11.0 Å². The number of carbonyl (C=O) groups excluding carboxylic acids is 1. The van der Waals surface area contributed by atoms with Crippen molar-refractivity contribution < 1.29 is 18.8 Å². The second kappa shape index (κ2) is 4.96. The average molecular weight is 263 g/mol. The molecule has 1 aromatic rings. The Kier molecular flexibility index (Phi) is 3.84. The highest BCUT2D eigenvalue weighted by atomic mass is 35.5. The fourth-order valence-electron chi connectivity index (χ4n) is 1.46. The Balaban J connectivity index is 0.00000144. The summed E-state index contributed by atoms with van der Waals surface area (Å²) < 4.78 is 18.0. The Morgan fingerprint density at radius 3 is 2.76 bits per heavy atom. The van der Waals surface area contributed by atoms with Gasteiger partial charge in [0.15, 0.2) is 0 Å². The molecule has 1 atom stereocenters. The van der Waals surface area contributed by atoms with Crippen LogP contribution in [0.1, 0.15) is 11.6 Å². The van der Waals surface area contributed by atoms with Crippen molar-refractivity contribution in [2.24, 2.45) is 0 Å². The topological polar surface area (TPSA) is 81.5 Å². The van der Waals surface area contributed by atoms with Crippen molar-refractivity contribution in [3.05, 3.63) is 39.7 Å². The van der Waals surface area contributed by atoms with Crippen molar-refractivity contribution in [1.82, 2.24) is 5.32 Å². The molecule has 0 aromatic heterocycles. The molecular weight excluding hydrogens is 255 g/mol. The predicted octanol–water partition coefficient (Wildman–Crippen LogP) is 1.94. The fourth-order valence-corrected chi connectivity index (χ4v) is 1.46. The SMILES string of the molecule is Cl.O=C1N[C@@H](c2cc([N+](=O)[O-])ccc2F)CO1. The number of benzene rings is 1. The van der Waals surface area contributed by atoms with Gasteiger partial charge in [-0.15, -0.1) is 12.4 Å². The molecule has 0 bridgehead atoms. The van der Waals surface area contributed by atoms with E-state index in [2.05, 4.69) is 10.1 Å². The van der Waals surface area contributed by atoms with Crippen LogP contribution in [-0.2, 0) is 4.74 Å². The summed E-state index contributed by atoms with van der Waals surface area (Å²) in [7, 11) is 0. The van der Waals surface area contributed by atoms with Crippen LogP contribution in [0.3, 0.4) is 0 Å². The first-order valence-electron chi connectivity index (χ1n) is 4.45. The average Bonchev–Trinajstić information content (AvgIpc) is 2.65. The minimum Gasteiger partial charge on any atom is -0.447 e. The van der Waals surface area contributed by atoms with E-state index >= 15 is 0 Å². The number of amides is 1. The number of nitro groups is 1. The number of carbonyl (C=O) groups is 1. The Labute approximate surface area is 101 Å². The number of non-ortho nitro benzene ring substituents is 1. The Morgan fingerprint density at radius 1 is 1.53 bits per heavy atom. The summed E-state index contributed by atoms with van der Waals surface area (Å²) in [4.78, 5) is 20.7. The van der Waals surface area contributed by atoms with E-state index in [-0.39, 0.29) is 30.3 Å². The maximum atomic E-state index is 13.4. The standard InChI is InChI=1S/C9H7FN2O4.ClH/c10-7-2-1-5(12(14)15)3-6(7)8-4-16-9(13)11-8;/h1-3,8H,4H2,(H,11,13);1H/t8-;/m1./s1. The van der Waals surface area contributed by atoms with E-state index in [1.807, 2.05) is 0 Å². The number of nitrogens with one attached hydrogen (secondary N) is 1. The van der Waals surface area contributed by atoms with Crippen LogP contribution in [0.4, 0.5) is 14.9 Å².